The number of rotatable bonds is 3. The van der Waals surface area contributed by atoms with Gasteiger partial charge in [-0.1, -0.05) is 18.0 Å². The number of fused-ring (bicyclic) bond motifs is 1. The molecule has 21 heavy (non-hydrogen) atoms. The van der Waals surface area contributed by atoms with Crippen molar-refractivity contribution in [2.75, 3.05) is 52.9 Å². The molecule has 0 aromatic rings. The molecule has 0 aromatic heterocycles. The molecule has 3 aliphatic heterocycles. The average molecular weight is 316 g/mol. The van der Waals surface area contributed by atoms with Crippen molar-refractivity contribution in [3.8, 4) is 0 Å². The second kappa shape index (κ2) is 7.57. The number of likely N-dealkylation sites (N-methyl/N-ethyl adjacent to an activating group) is 1. The first kappa shape index (κ1) is 16.0. The summed E-state index contributed by atoms with van der Waals surface area (Å²) >= 11 is 6.27. The first-order valence-electron chi connectivity index (χ1n) is 8.54. The van der Waals surface area contributed by atoms with E-state index in [0.717, 1.165) is 13.1 Å². The van der Waals surface area contributed by atoms with Crippen molar-refractivity contribution in [3.63, 3.8) is 0 Å². The summed E-state index contributed by atoms with van der Waals surface area (Å²) in [5.74, 6) is 0. The molecule has 3 aliphatic rings. The fraction of sp³-hybridized carbons (Fsp3) is 1.00. The Kier molecular flexibility index (Phi) is 5.76. The topological polar surface area (TPSA) is 33.8 Å². The van der Waals surface area contributed by atoms with Crippen LogP contribution in [0.3, 0.4) is 0 Å². The number of nitrogens with zero attached hydrogens (tertiary/aromatic N) is 3. The van der Waals surface area contributed by atoms with Gasteiger partial charge in [0.05, 0.1) is 12.2 Å². The zero-order valence-electron chi connectivity index (χ0n) is 13.2. The lowest BCUT2D eigenvalue weighted by atomic mass is 10.1. The fourth-order valence-electron chi connectivity index (χ4n) is 3.93. The minimum atomic E-state index is -0.102. The monoisotopic (exact) mass is 315 g/mol. The molecule has 3 fully saturated rings. The summed E-state index contributed by atoms with van der Waals surface area (Å²) in [5, 5.41) is 6.89. The van der Waals surface area contributed by atoms with E-state index in [0.29, 0.717) is 12.2 Å². The van der Waals surface area contributed by atoms with Gasteiger partial charge in [-0.15, -0.1) is 0 Å². The average Bonchev–Trinajstić information content (AvgIpc) is 2.65. The van der Waals surface area contributed by atoms with E-state index in [1.807, 2.05) is 0 Å². The van der Waals surface area contributed by atoms with Crippen LogP contribution in [0, 0.1) is 0 Å². The van der Waals surface area contributed by atoms with E-state index in [2.05, 4.69) is 32.4 Å². The maximum absolute atomic E-state index is 6.27. The molecule has 2 N–H and O–H groups in total. The van der Waals surface area contributed by atoms with E-state index in [1.165, 1.54) is 58.4 Å². The van der Waals surface area contributed by atoms with Crippen LogP contribution < -0.4 is 10.6 Å². The van der Waals surface area contributed by atoms with Gasteiger partial charge in [-0.2, -0.15) is 0 Å². The van der Waals surface area contributed by atoms with Crippen molar-refractivity contribution in [1.29, 1.82) is 0 Å². The second-order valence-electron chi connectivity index (χ2n) is 6.72. The van der Waals surface area contributed by atoms with Gasteiger partial charge in [0.2, 0.25) is 0 Å². The zero-order chi connectivity index (χ0) is 14.7. The van der Waals surface area contributed by atoms with Crippen LogP contribution in [0.25, 0.3) is 0 Å². The van der Waals surface area contributed by atoms with E-state index < -0.39 is 0 Å². The molecule has 3 atom stereocenters. The fourth-order valence-corrected chi connectivity index (χ4v) is 4.15. The van der Waals surface area contributed by atoms with Crippen molar-refractivity contribution in [2.45, 2.75) is 43.5 Å². The molecule has 6 heteroatoms. The summed E-state index contributed by atoms with van der Waals surface area (Å²) in [7, 11) is 2.24. The zero-order valence-corrected chi connectivity index (χ0v) is 14.0. The van der Waals surface area contributed by atoms with Crippen LogP contribution in [-0.2, 0) is 0 Å². The van der Waals surface area contributed by atoms with Gasteiger partial charge in [0, 0.05) is 26.2 Å². The van der Waals surface area contributed by atoms with E-state index in [1.54, 1.807) is 0 Å². The van der Waals surface area contributed by atoms with Crippen molar-refractivity contribution in [1.82, 2.24) is 25.3 Å². The lowest BCUT2D eigenvalue weighted by Crippen LogP contribution is -2.68. The van der Waals surface area contributed by atoms with Crippen LogP contribution in [-0.4, -0.2) is 85.4 Å². The van der Waals surface area contributed by atoms with E-state index in [4.69, 9.17) is 11.6 Å². The Labute approximate surface area is 134 Å². The summed E-state index contributed by atoms with van der Waals surface area (Å²) in [6.45, 7) is 8.26. The molecule has 0 bridgehead atoms. The van der Waals surface area contributed by atoms with Gasteiger partial charge in [0.1, 0.15) is 5.62 Å². The Morgan fingerprint density at radius 3 is 2.62 bits per heavy atom. The Morgan fingerprint density at radius 1 is 1.00 bits per heavy atom. The molecular formula is C15H30ClN5. The summed E-state index contributed by atoms with van der Waals surface area (Å²) < 4.78 is 0. The third-order valence-corrected chi connectivity index (χ3v) is 5.54. The molecule has 5 nitrogen and oxygen atoms in total. The predicted molar refractivity (Wildman–Crippen MR) is 87.5 cm³/mol. The van der Waals surface area contributed by atoms with E-state index in [9.17, 15) is 0 Å². The molecule has 3 saturated heterocycles. The van der Waals surface area contributed by atoms with Gasteiger partial charge in [-0.3, -0.25) is 20.4 Å². The molecule has 3 heterocycles. The molecule has 3 unspecified atom stereocenters. The minimum absolute atomic E-state index is 0.102. The second-order valence-corrected chi connectivity index (χ2v) is 7.16. The Hall–Kier alpha value is 0.0900. The number of likely N-dealkylation sites (tertiary alicyclic amines) is 1. The highest BCUT2D eigenvalue weighted by atomic mass is 35.5. The Balaban J connectivity index is 1.58. The summed E-state index contributed by atoms with van der Waals surface area (Å²) in [5.41, 5.74) is -0.102. The summed E-state index contributed by atoms with van der Waals surface area (Å²) in [6, 6.07) is 0.517. The molecule has 122 valence electrons. The van der Waals surface area contributed by atoms with Crippen LogP contribution in [0.15, 0.2) is 0 Å². The SMILES string of the molecule is CN1CCCN(CCN2CCCCC2)C2NC(Cl)NCC21. The lowest BCUT2D eigenvalue weighted by Gasteiger charge is -2.44. The van der Waals surface area contributed by atoms with Crippen molar-refractivity contribution in [2.24, 2.45) is 0 Å². The largest absolute Gasteiger partial charge is 0.302 e. The minimum Gasteiger partial charge on any atom is -0.302 e. The van der Waals surface area contributed by atoms with Crippen molar-refractivity contribution in [3.05, 3.63) is 0 Å². The third-order valence-electron chi connectivity index (χ3n) is 5.26. The molecule has 0 aromatic carbocycles. The standard InChI is InChI=1S/C15H30ClN5/c1-19-6-5-9-21(11-10-20-7-3-2-4-8-20)14-13(19)12-17-15(16)18-14/h13-15,17-18H,2-12H2,1H3. The van der Waals surface area contributed by atoms with Crippen molar-refractivity contribution < 1.29 is 0 Å². The number of nitrogens with one attached hydrogen (secondary N) is 2. The Morgan fingerprint density at radius 2 is 1.81 bits per heavy atom. The van der Waals surface area contributed by atoms with E-state index >= 15 is 0 Å². The number of piperidine rings is 1. The maximum atomic E-state index is 6.27. The highest BCUT2D eigenvalue weighted by Gasteiger charge is 2.37. The van der Waals surface area contributed by atoms with Crippen LogP contribution >= 0.6 is 11.6 Å². The summed E-state index contributed by atoms with van der Waals surface area (Å²) in [6.07, 6.45) is 5.79. The van der Waals surface area contributed by atoms with Crippen molar-refractivity contribution >= 4 is 11.6 Å². The van der Waals surface area contributed by atoms with Gasteiger partial charge >= 0.3 is 0 Å². The third kappa shape index (κ3) is 4.09. The number of alkyl halides is 1. The number of hydrogen-bond donors (Lipinski definition) is 2. The quantitative estimate of drug-likeness (QED) is 0.586. The first-order chi connectivity index (χ1) is 10.2. The maximum Gasteiger partial charge on any atom is 0.136 e. The molecule has 0 spiro atoms. The Bertz CT molecular complexity index is 323. The molecule has 0 radical (unpaired) electrons. The normalized spacial score (nSPS) is 37.1. The molecule has 0 saturated carbocycles. The van der Waals surface area contributed by atoms with Crippen LogP contribution in [0.4, 0.5) is 0 Å². The molecule has 0 amide bonds. The van der Waals surface area contributed by atoms with Gasteiger partial charge in [0.15, 0.2) is 0 Å². The lowest BCUT2D eigenvalue weighted by molar-refractivity contribution is 0.0620. The first-order valence-corrected chi connectivity index (χ1v) is 8.98. The van der Waals surface area contributed by atoms with Crippen LogP contribution in [0.1, 0.15) is 25.7 Å². The predicted octanol–water partition coefficient (Wildman–Crippen LogP) is 0.520. The van der Waals surface area contributed by atoms with Gasteiger partial charge < -0.3 is 4.90 Å². The molecule has 3 rings (SSSR count). The van der Waals surface area contributed by atoms with Gasteiger partial charge in [-0.25, -0.2) is 0 Å². The van der Waals surface area contributed by atoms with Gasteiger partial charge in [0.25, 0.3) is 0 Å². The molecule has 0 aliphatic carbocycles. The number of hydrogen-bond acceptors (Lipinski definition) is 5. The number of halogens is 1. The smallest absolute Gasteiger partial charge is 0.136 e. The van der Waals surface area contributed by atoms with Crippen LogP contribution in [0.5, 0.6) is 0 Å². The molecular weight excluding hydrogens is 286 g/mol. The van der Waals surface area contributed by atoms with Gasteiger partial charge in [-0.05, 0) is 45.9 Å². The highest BCUT2D eigenvalue weighted by Crippen LogP contribution is 2.18. The summed E-state index contributed by atoms with van der Waals surface area (Å²) in [4.78, 5) is 7.74. The van der Waals surface area contributed by atoms with E-state index in [-0.39, 0.29) is 5.62 Å². The highest BCUT2D eigenvalue weighted by molar-refractivity contribution is 6.20. The van der Waals surface area contributed by atoms with Crippen LogP contribution in [0.2, 0.25) is 0 Å².